The minimum absolute atomic E-state index is 0.124. The minimum atomic E-state index is 0.124. The summed E-state index contributed by atoms with van der Waals surface area (Å²) < 4.78 is 0. The second-order valence-corrected chi connectivity index (χ2v) is 4.34. The normalized spacial score (nSPS) is 14.9. The maximum Gasteiger partial charge on any atom is 0.241 e. The van der Waals surface area contributed by atoms with Crippen LogP contribution in [0.1, 0.15) is 25.0 Å². The first-order valence-electron chi connectivity index (χ1n) is 6.17. The first-order chi connectivity index (χ1) is 8.79. The number of amides is 1. The fraction of sp³-hybridized carbons (Fsp3) is 0.462. The summed E-state index contributed by atoms with van der Waals surface area (Å²) in [7, 11) is 0. The molecule has 0 unspecified atom stereocenters. The van der Waals surface area contributed by atoms with E-state index < -0.39 is 0 Å². The monoisotopic (exact) mass is 244 g/mol. The van der Waals surface area contributed by atoms with Gasteiger partial charge in [-0.1, -0.05) is 0 Å². The standard InChI is InChI=1S/C13H16N4O/c14-8-11-4-5-12(9-15-11)16-10-13(18)17-6-2-1-3-7-17/h4-5,9,16H,1-3,6-7,10H2. The van der Waals surface area contributed by atoms with Gasteiger partial charge in [-0.2, -0.15) is 5.26 Å². The Morgan fingerprint density at radius 2 is 2.17 bits per heavy atom. The molecule has 1 aliphatic heterocycles. The lowest BCUT2D eigenvalue weighted by Crippen LogP contribution is -2.39. The number of pyridine rings is 1. The Balaban J connectivity index is 1.83. The van der Waals surface area contributed by atoms with Crippen LogP contribution in [0.25, 0.3) is 0 Å². The average molecular weight is 244 g/mol. The number of carbonyl (C=O) groups excluding carboxylic acids is 1. The lowest BCUT2D eigenvalue weighted by molar-refractivity contribution is -0.130. The Hall–Kier alpha value is -2.09. The highest BCUT2D eigenvalue weighted by Gasteiger charge is 2.15. The van der Waals surface area contributed by atoms with E-state index in [0.29, 0.717) is 5.69 Å². The van der Waals surface area contributed by atoms with E-state index in [1.54, 1.807) is 18.3 Å². The number of nitrogens with one attached hydrogen (secondary N) is 1. The van der Waals surface area contributed by atoms with E-state index in [1.807, 2.05) is 11.0 Å². The van der Waals surface area contributed by atoms with Crippen LogP contribution >= 0.6 is 0 Å². The van der Waals surface area contributed by atoms with Gasteiger partial charge in [-0.15, -0.1) is 0 Å². The molecule has 0 saturated carbocycles. The summed E-state index contributed by atoms with van der Waals surface area (Å²) in [6.07, 6.45) is 4.99. The fourth-order valence-corrected chi connectivity index (χ4v) is 2.00. The van der Waals surface area contributed by atoms with Crippen LogP contribution in [0.4, 0.5) is 5.69 Å². The van der Waals surface area contributed by atoms with Gasteiger partial charge in [0.15, 0.2) is 0 Å². The zero-order valence-electron chi connectivity index (χ0n) is 10.2. The van der Waals surface area contributed by atoms with E-state index in [1.165, 1.54) is 6.42 Å². The highest BCUT2D eigenvalue weighted by atomic mass is 16.2. The van der Waals surface area contributed by atoms with Gasteiger partial charge in [-0.25, -0.2) is 4.98 Å². The predicted octanol–water partition coefficient (Wildman–Crippen LogP) is 1.38. The van der Waals surface area contributed by atoms with Crippen LogP contribution in [-0.2, 0) is 4.79 Å². The molecule has 1 aromatic heterocycles. The van der Waals surface area contributed by atoms with E-state index >= 15 is 0 Å². The lowest BCUT2D eigenvalue weighted by Gasteiger charge is -2.26. The summed E-state index contributed by atoms with van der Waals surface area (Å²) in [5, 5.41) is 11.7. The molecule has 0 atom stereocenters. The lowest BCUT2D eigenvalue weighted by atomic mass is 10.1. The zero-order valence-corrected chi connectivity index (χ0v) is 10.2. The van der Waals surface area contributed by atoms with Crippen molar-refractivity contribution in [2.75, 3.05) is 25.0 Å². The van der Waals surface area contributed by atoms with Gasteiger partial charge in [0.25, 0.3) is 0 Å². The number of piperidine rings is 1. The van der Waals surface area contributed by atoms with Crippen molar-refractivity contribution in [3.05, 3.63) is 24.0 Å². The van der Waals surface area contributed by atoms with Gasteiger partial charge in [0.05, 0.1) is 18.4 Å². The van der Waals surface area contributed by atoms with Gasteiger partial charge < -0.3 is 10.2 Å². The van der Waals surface area contributed by atoms with Crippen molar-refractivity contribution in [2.24, 2.45) is 0 Å². The molecule has 2 rings (SSSR count). The van der Waals surface area contributed by atoms with Crippen LogP contribution in [0, 0.1) is 11.3 Å². The Morgan fingerprint density at radius 3 is 2.78 bits per heavy atom. The van der Waals surface area contributed by atoms with Crippen LogP contribution < -0.4 is 5.32 Å². The summed E-state index contributed by atoms with van der Waals surface area (Å²) in [5.41, 5.74) is 1.14. The quantitative estimate of drug-likeness (QED) is 0.872. The van der Waals surface area contributed by atoms with Gasteiger partial charge in [0, 0.05) is 13.1 Å². The number of carbonyl (C=O) groups is 1. The number of hydrogen-bond donors (Lipinski definition) is 1. The minimum Gasteiger partial charge on any atom is -0.375 e. The highest BCUT2D eigenvalue weighted by Crippen LogP contribution is 2.10. The molecule has 1 N–H and O–H groups in total. The predicted molar refractivity (Wildman–Crippen MR) is 67.9 cm³/mol. The van der Waals surface area contributed by atoms with Gasteiger partial charge in [0.1, 0.15) is 11.8 Å². The maximum absolute atomic E-state index is 11.9. The number of nitrogens with zero attached hydrogens (tertiary/aromatic N) is 3. The molecule has 1 fully saturated rings. The van der Waals surface area contributed by atoms with Crippen molar-refractivity contribution >= 4 is 11.6 Å². The van der Waals surface area contributed by atoms with Gasteiger partial charge in [-0.05, 0) is 31.4 Å². The molecule has 5 nitrogen and oxygen atoms in total. The van der Waals surface area contributed by atoms with Gasteiger partial charge in [0.2, 0.25) is 5.91 Å². The molecule has 0 aromatic carbocycles. The van der Waals surface area contributed by atoms with E-state index in [4.69, 9.17) is 5.26 Å². The van der Waals surface area contributed by atoms with Crippen molar-refractivity contribution in [1.82, 2.24) is 9.88 Å². The van der Waals surface area contributed by atoms with Gasteiger partial charge >= 0.3 is 0 Å². The second kappa shape index (κ2) is 6.01. The van der Waals surface area contributed by atoms with E-state index in [2.05, 4.69) is 10.3 Å². The Labute approximate surface area is 106 Å². The molecule has 0 radical (unpaired) electrons. The summed E-state index contributed by atoms with van der Waals surface area (Å²) >= 11 is 0. The summed E-state index contributed by atoms with van der Waals surface area (Å²) in [6, 6.07) is 5.35. The van der Waals surface area contributed by atoms with Crippen LogP contribution in [0.15, 0.2) is 18.3 Å². The second-order valence-electron chi connectivity index (χ2n) is 4.34. The van der Waals surface area contributed by atoms with Crippen molar-refractivity contribution < 1.29 is 4.79 Å². The molecule has 18 heavy (non-hydrogen) atoms. The Bertz CT molecular complexity index is 443. The van der Waals surface area contributed by atoms with Gasteiger partial charge in [-0.3, -0.25) is 4.79 Å². The van der Waals surface area contributed by atoms with Crippen molar-refractivity contribution in [3.63, 3.8) is 0 Å². The zero-order chi connectivity index (χ0) is 12.8. The van der Waals surface area contributed by atoms with Crippen LogP contribution in [0.5, 0.6) is 0 Å². The third kappa shape index (κ3) is 3.20. The van der Waals surface area contributed by atoms with E-state index in [0.717, 1.165) is 31.6 Å². The Morgan fingerprint density at radius 1 is 1.39 bits per heavy atom. The molecule has 1 amide bonds. The molecule has 1 saturated heterocycles. The number of likely N-dealkylation sites (tertiary alicyclic amines) is 1. The molecule has 0 spiro atoms. The molecule has 5 heteroatoms. The van der Waals surface area contributed by atoms with E-state index in [9.17, 15) is 4.79 Å². The number of anilines is 1. The third-order valence-electron chi connectivity index (χ3n) is 3.03. The maximum atomic E-state index is 11.9. The van der Waals surface area contributed by atoms with Crippen LogP contribution in [-0.4, -0.2) is 35.4 Å². The summed E-state index contributed by atoms with van der Waals surface area (Å²) in [5.74, 6) is 0.124. The highest BCUT2D eigenvalue weighted by molar-refractivity contribution is 5.80. The topological polar surface area (TPSA) is 69.0 Å². The fourth-order valence-electron chi connectivity index (χ4n) is 2.00. The third-order valence-corrected chi connectivity index (χ3v) is 3.03. The molecule has 94 valence electrons. The number of aromatic nitrogens is 1. The first kappa shape index (κ1) is 12.4. The van der Waals surface area contributed by atoms with Crippen LogP contribution in [0.2, 0.25) is 0 Å². The molecule has 1 aromatic rings. The molecule has 0 aliphatic carbocycles. The average Bonchev–Trinajstić information content (AvgIpc) is 2.46. The molecular weight excluding hydrogens is 228 g/mol. The summed E-state index contributed by atoms with van der Waals surface area (Å²) in [6.45, 7) is 2.02. The Kier molecular flexibility index (Phi) is 4.13. The van der Waals surface area contributed by atoms with Crippen molar-refractivity contribution in [3.8, 4) is 6.07 Å². The first-order valence-corrected chi connectivity index (χ1v) is 6.17. The molecule has 2 heterocycles. The SMILES string of the molecule is N#Cc1ccc(NCC(=O)N2CCCCC2)cn1. The smallest absolute Gasteiger partial charge is 0.241 e. The van der Waals surface area contributed by atoms with Crippen molar-refractivity contribution in [1.29, 1.82) is 5.26 Å². The molecular formula is C13H16N4O. The summed E-state index contributed by atoms with van der Waals surface area (Å²) in [4.78, 5) is 17.7. The van der Waals surface area contributed by atoms with E-state index in [-0.39, 0.29) is 12.5 Å². The number of nitriles is 1. The van der Waals surface area contributed by atoms with Crippen molar-refractivity contribution in [2.45, 2.75) is 19.3 Å². The molecule has 1 aliphatic rings. The van der Waals surface area contributed by atoms with Crippen LogP contribution in [0.3, 0.4) is 0 Å². The molecule has 0 bridgehead atoms. The largest absolute Gasteiger partial charge is 0.375 e. The number of hydrogen-bond acceptors (Lipinski definition) is 4. The number of rotatable bonds is 3.